The normalized spacial score (nSPS) is 14.1. The van der Waals surface area contributed by atoms with E-state index in [4.69, 9.17) is 11.6 Å². The lowest BCUT2D eigenvalue weighted by atomic mass is 9.93. The van der Waals surface area contributed by atoms with Crippen molar-refractivity contribution < 1.29 is 4.79 Å². The molecular weight excluding hydrogens is 274 g/mol. The van der Waals surface area contributed by atoms with Crippen LogP contribution in [0.15, 0.2) is 10.9 Å². The minimum Gasteiger partial charge on any atom is -0.312 e. The summed E-state index contributed by atoms with van der Waals surface area (Å²) in [4.78, 5) is 23.5. The number of aryl methyl sites for hydroxylation is 2. The highest BCUT2D eigenvalue weighted by Crippen LogP contribution is 2.21. The molecule has 4 heteroatoms. The zero-order valence-electron chi connectivity index (χ0n) is 12.1. The zero-order valence-corrected chi connectivity index (χ0v) is 12.8. The molecule has 2 rings (SSSR count). The molecule has 0 saturated heterocycles. The molecule has 0 unspecified atom stereocenters. The second kappa shape index (κ2) is 7.07. The summed E-state index contributed by atoms with van der Waals surface area (Å²) in [6, 6.07) is 2.01. The van der Waals surface area contributed by atoms with Crippen LogP contribution in [0.4, 0.5) is 0 Å². The minimum absolute atomic E-state index is 0.0806. The van der Waals surface area contributed by atoms with Crippen LogP contribution in [0.3, 0.4) is 0 Å². The van der Waals surface area contributed by atoms with Crippen molar-refractivity contribution in [3.63, 3.8) is 0 Å². The smallest absolute Gasteiger partial charge is 0.253 e. The second-order valence-electron chi connectivity index (χ2n) is 5.51. The maximum atomic E-state index is 12.6. The van der Waals surface area contributed by atoms with Gasteiger partial charge < -0.3 is 4.57 Å². The van der Waals surface area contributed by atoms with Crippen molar-refractivity contribution >= 4 is 16.8 Å². The topological polar surface area (TPSA) is 39.1 Å². The summed E-state index contributed by atoms with van der Waals surface area (Å²) in [5, 5.41) is -0.373. The van der Waals surface area contributed by atoms with Gasteiger partial charge in [0.25, 0.3) is 5.56 Å². The van der Waals surface area contributed by atoms with Gasteiger partial charge in [0.15, 0.2) is 0 Å². The number of nitrogens with zero attached hydrogens (tertiary/aromatic N) is 1. The summed E-state index contributed by atoms with van der Waals surface area (Å²) in [7, 11) is 0. The van der Waals surface area contributed by atoms with Crippen LogP contribution in [0.25, 0.3) is 0 Å². The molecule has 1 heterocycles. The van der Waals surface area contributed by atoms with E-state index in [1.54, 1.807) is 0 Å². The molecule has 0 aliphatic heterocycles. The van der Waals surface area contributed by atoms with Crippen molar-refractivity contribution in [2.24, 2.45) is 0 Å². The first-order valence-electron chi connectivity index (χ1n) is 7.56. The second-order valence-corrected chi connectivity index (χ2v) is 5.94. The van der Waals surface area contributed by atoms with Crippen LogP contribution in [-0.4, -0.2) is 9.81 Å². The fourth-order valence-corrected chi connectivity index (χ4v) is 3.00. The van der Waals surface area contributed by atoms with Crippen LogP contribution < -0.4 is 5.56 Å². The van der Waals surface area contributed by atoms with E-state index in [1.807, 2.05) is 10.6 Å². The summed E-state index contributed by atoms with van der Waals surface area (Å²) in [5.74, 6) is 0. The van der Waals surface area contributed by atoms with Crippen LogP contribution in [0.1, 0.15) is 55.8 Å². The van der Waals surface area contributed by atoms with E-state index in [1.165, 1.54) is 17.7 Å². The number of rotatable bonds is 6. The van der Waals surface area contributed by atoms with Crippen LogP contribution >= 0.6 is 11.6 Å². The molecule has 1 aromatic heterocycles. The Morgan fingerprint density at radius 1 is 1.35 bits per heavy atom. The SMILES string of the molecule is CCCCn1c2c(cc(CCC(=O)Cl)c1=O)CCCC2. The number of hydrogen-bond acceptors (Lipinski definition) is 2. The molecule has 0 spiro atoms. The fourth-order valence-electron chi connectivity index (χ4n) is 2.91. The predicted octanol–water partition coefficient (Wildman–Crippen LogP) is 3.23. The van der Waals surface area contributed by atoms with Crippen LogP contribution in [-0.2, 0) is 30.6 Å². The highest BCUT2D eigenvalue weighted by molar-refractivity contribution is 6.63. The fraction of sp³-hybridized carbons (Fsp3) is 0.625. The Balaban J connectivity index is 2.37. The standard InChI is InChI=1S/C16H22ClNO2/c1-2-3-10-18-14-7-5-4-6-12(14)11-13(16(18)20)8-9-15(17)19/h11H,2-10H2,1H3. The van der Waals surface area contributed by atoms with Crippen LogP contribution in [0.5, 0.6) is 0 Å². The van der Waals surface area contributed by atoms with E-state index in [2.05, 4.69) is 6.92 Å². The Hall–Kier alpha value is -1.09. The first-order valence-corrected chi connectivity index (χ1v) is 7.94. The minimum atomic E-state index is -0.373. The van der Waals surface area contributed by atoms with Gasteiger partial charge in [0.05, 0.1) is 0 Å². The zero-order chi connectivity index (χ0) is 14.5. The first kappa shape index (κ1) is 15.3. The van der Waals surface area contributed by atoms with Gasteiger partial charge in [-0.05, 0) is 61.8 Å². The van der Waals surface area contributed by atoms with Crippen molar-refractivity contribution in [2.45, 2.75) is 64.8 Å². The van der Waals surface area contributed by atoms with Crippen molar-refractivity contribution in [1.82, 2.24) is 4.57 Å². The molecule has 0 bridgehead atoms. The average Bonchev–Trinajstić information content (AvgIpc) is 2.44. The van der Waals surface area contributed by atoms with Gasteiger partial charge in [-0.3, -0.25) is 9.59 Å². The molecule has 1 aliphatic rings. The summed E-state index contributed by atoms with van der Waals surface area (Å²) < 4.78 is 1.95. The molecular formula is C16H22ClNO2. The van der Waals surface area contributed by atoms with E-state index in [9.17, 15) is 9.59 Å². The quantitative estimate of drug-likeness (QED) is 0.756. The maximum Gasteiger partial charge on any atom is 0.253 e. The maximum absolute atomic E-state index is 12.6. The number of carbonyl (C=O) groups is 1. The lowest BCUT2D eigenvalue weighted by molar-refractivity contribution is -0.111. The number of unbranched alkanes of at least 4 members (excludes halogenated alkanes) is 1. The van der Waals surface area contributed by atoms with Gasteiger partial charge in [0, 0.05) is 24.2 Å². The average molecular weight is 296 g/mol. The van der Waals surface area contributed by atoms with Crippen molar-refractivity contribution in [3.05, 3.63) is 33.2 Å². The number of carbonyl (C=O) groups excluding carboxylic acids is 1. The van der Waals surface area contributed by atoms with Gasteiger partial charge in [0.2, 0.25) is 5.24 Å². The van der Waals surface area contributed by atoms with Crippen molar-refractivity contribution in [2.75, 3.05) is 0 Å². The third-order valence-electron chi connectivity index (χ3n) is 4.00. The molecule has 0 fully saturated rings. The van der Waals surface area contributed by atoms with Gasteiger partial charge in [-0.25, -0.2) is 0 Å². The highest BCUT2D eigenvalue weighted by atomic mass is 35.5. The predicted molar refractivity (Wildman–Crippen MR) is 81.4 cm³/mol. The molecule has 1 aromatic rings. The number of aromatic nitrogens is 1. The Morgan fingerprint density at radius 3 is 2.80 bits per heavy atom. The summed E-state index contributed by atoms with van der Waals surface area (Å²) in [6.45, 7) is 2.92. The molecule has 0 amide bonds. The third kappa shape index (κ3) is 3.51. The Kier molecular flexibility index (Phi) is 5.41. The summed E-state index contributed by atoms with van der Waals surface area (Å²) in [5.41, 5.74) is 3.34. The van der Waals surface area contributed by atoms with Gasteiger partial charge in [0.1, 0.15) is 0 Å². The number of fused-ring (bicyclic) bond motifs is 1. The number of halogens is 1. The Morgan fingerprint density at radius 2 is 2.10 bits per heavy atom. The summed E-state index contributed by atoms with van der Waals surface area (Å²) >= 11 is 5.40. The first-order chi connectivity index (χ1) is 9.63. The molecule has 0 atom stereocenters. The highest BCUT2D eigenvalue weighted by Gasteiger charge is 2.17. The van der Waals surface area contributed by atoms with Crippen molar-refractivity contribution in [3.8, 4) is 0 Å². The largest absolute Gasteiger partial charge is 0.312 e. The molecule has 0 N–H and O–H groups in total. The van der Waals surface area contributed by atoms with Gasteiger partial charge in [-0.2, -0.15) is 0 Å². The van der Waals surface area contributed by atoms with E-state index in [0.29, 0.717) is 6.42 Å². The van der Waals surface area contributed by atoms with E-state index < -0.39 is 0 Å². The van der Waals surface area contributed by atoms with Crippen LogP contribution in [0.2, 0.25) is 0 Å². The monoisotopic (exact) mass is 295 g/mol. The number of hydrogen-bond donors (Lipinski definition) is 0. The molecule has 0 saturated carbocycles. The Bertz CT molecular complexity index is 548. The van der Waals surface area contributed by atoms with Gasteiger partial charge >= 0.3 is 0 Å². The van der Waals surface area contributed by atoms with E-state index in [-0.39, 0.29) is 17.2 Å². The molecule has 0 radical (unpaired) electrons. The lowest BCUT2D eigenvalue weighted by Gasteiger charge is -2.22. The molecule has 110 valence electrons. The molecule has 20 heavy (non-hydrogen) atoms. The Labute approximate surface area is 124 Å². The third-order valence-corrected chi connectivity index (χ3v) is 4.19. The van der Waals surface area contributed by atoms with E-state index >= 15 is 0 Å². The van der Waals surface area contributed by atoms with Crippen LogP contribution in [0, 0.1) is 0 Å². The molecule has 0 aromatic carbocycles. The van der Waals surface area contributed by atoms with Crippen molar-refractivity contribution in [1.29, 1.82) is 0 Å². The number of pyridine rings is 1. The van der Waals surface area contributed by atoms with Gasteiger partial charge in [-0.15, -0.1) is 0 Å². The molecule has 1 aliphatic carbocycles. The lowest BCUT2D eigenvalue weighted by Crippen LogP contribution is -2.30. The van der Waals surface area contributed by atoms with E-state index in [0.717, 1.165) is 44.2 Å². The summed E-state index contributed by atoms with van der Waals surface area (Å²) in [6.07, 6.45) is 7.19. The molecule has 3 nitrogen and oxygen atoms in total. The van der Waals surface area contributed by atoms with Gasteiger partial charge in [-0.1, -0.05) is 13.3 Å².